The Morgan fingerprint density at radius 1 is 0.431 bits per heavy atom. The lowest BCUT2D eigenvalue weighted by molar-refractivity contribution is -0.140. The van der Waals surface area contributed by atoms with E-state index in [2.05, 4.69) is 0 Å². The van der Waals surface area contributed by atoms with Crippen molar-refractivity contribution < 1.29 is 28.6 Å². The molecule has 0 unspecified atom stereocenters. The first kappa shape index (κ1) is 30.5. The van der Waals surface area contributed by atoms with Crippen molar-refractivity contribution in [3.63, 3.8) is 0 Å². The Labute approximate surface area is 296 Å². The molecule has 6 aliphatic rings. The molecule has 4 aromatic rings. The van der Waals surface area contributed by atoms with E-state index in [4.69, 9.17) is 14.2 Å². The van der Waals surface area contributed by atoms with Crippen molar-refractivity contribution in [2.24, 2.45) is 0 Å². The van der Waals surface area contributed by atoms with Gasteiger partial charge in [0.05, 0.1) is 57.2 Å². The van der Waals surface area contributed by atoms with Crippen molar-refractivity contribution in [2.75, 3.05) is 21.3 Å². The third-order valence-electron chi connectivity index (χ3n) is 12.6. The first-order chi connectivity index (χ1) is 24.9. The molecule has 3 heterocycles. The molecule has 9 heteroatoms. The summed E-state index contributed by atoms with van der Waals surface area (Å²) in [6.45, 7) is 1.37. The highest BCUT2D eigenvalue weighted by atomic mass is 16.5. The molecular formula is C42H39N3O6. The van der Waals surface area contributed by atoms with Crippen LogP contribution >= 0.6 is 0 Å². The summed E-state index contributed by atoms with van der Waals surface area (Å²) in [5.41, 5.74) is 10.1. The lowest BCUT2D eigenvalue weighted by Gasteiger charge is -2.40. The van der Waals surface area contributed by atoms with E-state index >= 15 is 0 Å². The van der Waals surface area contributed by atoms with Gasteiger partial charge in [-0.05, 0) is 106 Å². The number of carbonyl (C=O) groups is 3. The van der Waals surface area contributed by atoms with Gasteiger partial charge in [0.25, 0.3) is 0 Å². The summed E-state index contributed by atoms with van der Waals surface area (Å²) in [4.78, 5) is 50.5. The Morgan fingerprint density at radius 3 is 0.922 bits per heavy atom. The predicted octanol–water partition coefficient (Wildman–Crippen LogP) is 6.42. The molecule has 0 N–H and O–H groups in total. The summed E-state index contributed by atoms with van der Waals surface area (Å²) in [6, 6.07) is 23.1. The van der Waals surface area contributed by atoms with E-state index < -0.39 is 0 Å². The predicted molar refractivity (Wildman–Crippen MR) is 187 cm³/mol. The molecule has 10 rings (SSSR count). The Hall–Kier alpha value is -5.31. The van der Waals surface area contributed by atoms with Gasteiger partial charge in [-0.2, -0.15) is 0 Å². The molecule has 0 radical (unpaired) electrons. The van der Waals surface area contributed by atoms with E-state index in [9.17, 15) is 14.4 Å². The van der Waals surface area contributed by atoms with Crippen molar-refractivity contribution in [3.05, 3.63) is 123 Å². The van der Waals surface area contributed by atoms with E-state index in [-0.39, 0.29) is 53.6 Å². The number of rotatable bonds is 9. The molecule has 9 nitrogen and oxygen atoms in total. The highest BCUT2D eigenvalue weighted by molar-refractivity contribution is 5.98. The smallest absolute Gasteiger partial charge is 0.231 e. The van der Waals surface area contributed by atoms with E-state index in [1.54, 1.807) is 21.3 Å². The monoisotopic (exact) mass is 681 g/mol. The van der Waals surface area contributed by atoms with Crippen LogP contribution in [0.3, 0.4) is 0 Å². The number of hydrogen-bond acceptors (Lipinski definition) is 6. The molecule has 3 aliphatic heterocycles. The number of nitrogens with zero attached hydrogens (tertiary/aromatic N) is 3. The first-order valence-corrected chi connectivity index (χ1v) is 17.9. The number of benzene rings is 4. The Morgan fingerprint density at radius 2 is 0.686 bits per heavy atom. The zero-order chi connectivity index (χ0) is 34.7. The van der Waals surface area contributed by atoms with Crippen LogP contribution in [0.4, 0.5) is 0 Å². The maximum absolute atomic E-state index is 14.8. The second-order valence-electron chi connectivity index (χ2n) is 14.8. The minimum absolute atomic E-state index is 0.102. The van der Waals surface area contributed by atoms with Crippen LogP contribution in [0.5, 0.6) is 17.2 Å². The maximum atomic E-state index is 14.8. The van der Waals surface area contributed by atoms with E-state index in [1.807, 2.05) is 87.5 Å². The average Bonchev–Trinajstić information content (AvgIpc) is 3.87. The van der Waals surface area contributed by atoms with E-state index in [1.165, 1.54) is 16.7 Å². The topological polar surface area (TPSA) is 88.6 Å². The van der Waals surface area contributed by atoms with Gasteiger partial charge in [-0.3, -0.25) is 14.4 Å². The quantitative estimate of drug-likeness (QED) is 0.203. The van der Waals surface area contributed by atoms with Gasteiger partial charge < -0.3 is 28.9 Å². The van der Waals surface area contributed by atoms with Gasteiger partial charge in [0.15, 0.2) is 0 Å². The largest absolute Gasteiger partial charge is 0.497 e. The minimum atomic E-state index is -0.341. The summed E-state index contributed by atoms with van der Waals surface area (Å²) < 4.78 is 16.2. The van der Waals surface area contributed by atoms with Crippen molar-refractivity contribution in [2.45, 2.75) is 74.8 Å². The lowest BCUT2D eigenvalue weighted by atomic mass is 9.77. The summed E-state index contributed by atoms with van der Waals surface area (Å²) >= 11 is 0. The zero-order valence-corrected chi connectivity index (χ0v) is 28.9. The number of methoxy groups -OCH3 is 3. The SMILES string of the molecule is COc1ccc(CN2C(=O)[C@@H]3C[C@H]4c5c3c3c6c7c5[C@@H](C[C@@H]7N(Cc5ccc(OC)cc5)C(=O)[C@@H]6C[C@@H]32)C(=O)N4Cc2ccc(OC)cc2)cc1. The molecule has 6 atom stereocenters. The van der Waals surface area contributed by atoms with Crippen molar-refractivity contribution in [1.82, 2.24) is 14.7 Å². The van der Waals surface area contributed by atoms with E-state index in [0.717, 1.165) is 50.6 Å². The number of carbonyl (C=O) groups excluding carboxylic acids is 3. The molecule has 0 spiro atoms. The molecule has 0 saturated carbocycles. The van der Waals surface area contributed by atoms with Crippen LogP contribution in [-0.4, -0.2) is 53.8 Å². The van der Waals surface area contributed by atoms with Crippen molar-refractivity contribution in [1.29, 1.82) is 0 Å². The molecule has 258 valence electrons. The van der Waals surface area contributed by atoms with E-state index in [0.29, 0.717) is 38.9 Å². The minimum Gasteiger partial charge on any atom is -0.497 e. The van der Waals surface area contributed by atoms with Crippen LogP contribution in [0.2, 0.25) is 0 Å². The molecule has 3 amide bonds. The number of amides is 3. The summed E-state index contributed by atoms with van der Waals surface area (Å²) in [5, 5.41) is 0. The highest BCUT2D eigenvalue weighted by Gasteiger charge is 2.62. The Bertz CT molecular complexity index is 1870. The fourth-order valence-corrected chi connectivity index (χ4v) is 10.4. The fraction of sp³-hybridized carbons (Fsp3) is 0.357. The number of hydrogen-bond donors (Lipinski definition) is 0. The van der Waals surface area contributed by atoms with Gasteiger partial charge in [-0.25, -0.2) is 0 Å². The van der Waals surface area contributed by atoms with Crippen LogP contribution in [0.1, 0.15) is 105 Å². The van der Waals surface area contributed by atoms with Gasteiger partial charge in [0, 0.05) is 19.6 Å². The maximum Gasteiger partial charge on any atom is 0.231 e. The Balaban J connectivity index is 1.11. The Kier molecular flexibility index (Phi) is 6.64. The van der Waals surface area contributed by atoms with Crippen LogP contribution < -0.4 is 14.2 Å². The standard InChI is InChI=1S/C42H39N3O6/c1-49-25-10-4-22(5-11-25)19-43-31-16-29-35-37(31)34-28(40(43)46)17-32-38(34)36-30(42(48)44(32)20-23-6-12-26(50-2)13-7-23)18-33(39(35)36)45(41(29)47)21-24-8-14-27(51-3)15-9-24/h4-15,28-33H,16-21H2,1-3H3/t28-,29-,30-,31+,32+,33+/m1/s1. The molecule has 0 saturated heterocycles. The van der Waals surface area contributed by atoms with Crippen molar-refractivity contribution in [3.8, 4) is 17.2 Å². The van der Waals surface area contributed by atoms with Crippen molar-refractivity contribution >= 4 is 17.7 Å². The summed E-state index contributed by atoms with van der Waals surface area (Å²) in [7, 11) is 4.95. The molecule has 4 aromatic carbocycles. The molecule has 0 fully saturated rings. The second-order valence-corrected chi connectivity index (χ2v) is 14.8. The third kappa shape index (κ3) is 4.23. The van der Waals surface area contributed by atoms with Crippen LogP contribution in [0.15, 0.2) is 72.8 Å². The molecular weight excluding hydrogens is 642 g/mol. The number of ether oxygens (including phenoxy) is 3. The molecule has 3 aliphatic carbocycles. The van der Waals surface area contributed by atoms with Gasteiger partial charge >= 0.3 is 0 Å². The molecule has 0 aromatic heterocycles. The lowest BCUT2D eigenvalue weighted by Crippen LogP contribution is -2.41. The summed E-state index contributed by atoms with van der Waals surface area (Å²) in [6.07, 6.45) is 1.70. The second kappa shape index (κ2) is 11.1. The van der Waals surface area contributed by atoms with Gasteiger partial charge in [0.2, 0.25) is 17.7 Å². The van der Waals surface area contributed by atoms with Crippen LogP contribution in [0.25, 0.3) is 0 Å². The average molecular weight is 682 g/mol. The zero-order valence-electron chi connectivity index (χ0n) is 28.9. The van der Waals surface area contributed by atoms with Gasteiger partial charge in [-0.15, -0.1) is 0 Å². The van der Waals surface area contributed by atoms with Gasteiger partial charge in [-0.1, -0.05) is 36.4 Å². The third-order valence-corrected chi connectivity index (χ3v) is 12.6. The molecule has 51 heavy (non-hydrogen) atoms. The normalized spacial score (nSPS) is 25.9. The first-order valence-electron chi connectivity index (χ1n) is 17.9. The molecule has 0 bridgehead atoms. The van der Waals surface area contributed by atoms with Crippen LogP contribution in [0, 0.1) is 0 Å². The highest BCUT2D eigenvalue weighted by Crippen LogP contribution is 2.68. The fourth-order valence-electron chi connectivity index (χ4n) is 10.4. The van der Waals surface area contributed by atoms with Gasteiger partial charge in [0.1, 0.15) is 17.2 Å². The van der Waals surface area contributed by atoms with Crippen LogP contribution in [-0.2, 0) is 34.0 Å². The summed E-state index contributed by atoms with van der Waals surface area (Å²) in [5.74, 6) is 1.59.